The molecule has 5 heteroatoms. The summed E-state index contributed by atoms with van der Waals surface area (Å²) in [6.45, 7) is 0. The number of rotatable bonds is 2. The van der Waals surface area contributed by atoms with E-state index in [4.69, 9.17) is 10.5 Å². The molecule has 1 saturated carbocycles. The second-order valence-corrected chi connectivity index (χ2v) is 4.59. The maximum atomic E-state index is 5.91. The van der Waals surface area contributed by atoms with Crippen molar-refractivity contribution >= 4 is 22.6 Å². The van der Waals surface area contributed by atoms with Gasteiger partial charge in [-0.15, -0.1) is 0 Å². The minimum Gasteiger partial charge on any atom is -0.472 e. The summed E-state index contributed by atoms with van der Waals surface area (Å²) in [7, 11) is 0. The molecule has 2 atom stereocenters. The van der Waals surface area contributed by atoms with Crippen LogP contribution in [0.3, 0.4) is 0 Å². The van der Waals surface area contributed by atoms with E-state index < -0.39 is 0 Å². The first kappa shape index (κ1) is 10.1. The summed E-state index contributed by atoms with van der Waals surface area (Å²) in [4.78, 5) is 7.99. The number of nitrogens with two attached hydrogens (primary N) is 1. The number of hydrogen-bond donors (Lipinski definition) is 1. The summed E-state index contributed by atoms with van der Waals surface area (Å²) in [5, 5.41) is 0. The second-order valence-electron chi connectivity index (χ2n) is 3.43. The molecule has 1 aromatic rings. The Hall–Kier alpha value is -0.430. The van der Waals surface area contributed by atoms with Gasteiger partial charge in [-0.1, -0.05) is 0 Å². The van der Waals surface area contributed by atoms with Crippen LogP contribution in [0, 0.1) is 3.57 Å². The van der Waals surface area contributed by atoms with E-state index in [9.17, 15) is 0 Å². The third-order valence-corrected chi connectivity index (χ3v) is 3.14. The zero-order valence-electron chi connectivity index (χ0n) is 7.69. The van der Waals surface area contributed by atoms with E-state index >= 15 is 0 Å². The normalized spacial score (nSPS) is 26.4. The Balaban J connectivity index is 2.07. The summed E-state index contributed by atoms with van der Waals surface area (Å²) >= 11 is 2.16. The molecule has 1 fully saturated rings. The van der Waals surface area contributed by atoms with Gasteiger partial charge in [0.25, 0.3) is 0 Å². The van der Waals surface area contributed by atoms with Crippen LogP contribution < -0.4 is 10.5 Å². The van der Waals surface area contributed by atoms with Crippen LogP contribution in [0.25, 0.3) is 0 Å². The quantitative estimate of drug-likeness (QED) is 0.838. The molecule has 0 amide bonds. The van der Waals surface area contributed by atoms with E-state index in [1.54, 1.807) is 6.20 Å². The monoisotopic (exact) mass is 305 g/mol. The first-order valence-electron chi connectivity index (χ1n) is 4.65. The van der Waals surface area contributed by atoms with Crippen LogP contribution in [-0.4, -0.2) is 22.1 Å². The minimum atomic E-state index is 0.124. The molecule has 0 bridgehead atoms. The third kappa shape index (κ3) is 2.14. The molecular weight excluding hydrogens is 293 g/mol. The fourth-order valence-corrected chi connectivity index (χ4v) is 2.06. The predicted molar refractivity (Wildman–Crippen MR) is 61.0 cm³/mol. The van der Waals surface area contributed by atoms with Crippen LogP contribution >= 0.6 is 22.6 Å². The molecule has 1 heterocycles. The summed E-state index contributed by atoms with van der Waals surface area (Å²) < 4.78 is 6.67. The molecule has 4 nitrogen and oxygen atoms in total. The molecule has 0 aromatic carbocycles. The lowest BCUT2D eigenvalue weighted by atomic mass is 10.2. The van der Waals surface area contributed by atoms with Crippen molar-refractivity contribution in [3.8, 4) is 5.88 Å². The van der Waals surface area contributed by atoms with Crippen molar-refractivity contribution in [2.75, 3.05) is 0 Å². The summed E-state index contributed by atoms with van der Waals surface area (Å²) in [5.41, 5.74) is 5.91. The number of ether oxygens (including phenoxy) is 1. The molecule has 0 radical (unpaired) electrons. The molecule has 0 spiro atoms. The fourth-order valence-electron chi connectivity index (χ4n) is 1.63. The van der Waals surface area contributed by atoms with Gasteiger partial charge < -0.3 is 10.5 Å². The van der Waals surface area contributed by atoms with Gasteiger partial charge in [0, 0.05) is 12.2 Å². The Bertz CT molecular complexity index is 321. The van der Waals surface area contributed by atoms with E-state index in [2.05, 4.69) is 32.6 Å². The third-order valence-electron chi connectivity index (χ3n) is 2.40. The number of nitrogens with zero attached hydrogens (tertiary/aromatic N) is 2. The molecule has 2 rings (SSSR count). The lowest BCUT2D eigenvalue weighted by Gasteiger charge is -2.17. The Labute approximate surface area is 96.4 Å². The highest BCUT2D eigenvalue weighted by molar-refractivity contribution is 14.1. The Morgan fingerprint density at radius 3 is 3.00 bits per heavy atom. The average molecular weight is 305 g/mol. The molecular formula is C9H12IN3O. The van der Waals surface area contributed by atoms with Crippen molar-refractivity contribution in [1.29, 1.82) is 0 Å². The standard InChI is InChI=1S/C9H12IN3O/c10-6-4-12-5-13-9(6)14-8-3-1-2-7(8)11/h4-5,7-8H,1-3,11H2. The van der Waals surface area contributed by atoms with Crippen molar-refractivity contribution in [2.45, 2.75) is 31.4 Å². The maximum absolute atomic E-state index is 5.91. The van der Waals surface area contributed by atoms with Gasteiger partial charge in [-0.25, -0.2) is 9.97 Å². The van der Waals surface area contributed by atoms with Gasteiger partial charge >= 0.3 is 0 Å². The molecule has 2 unspecified atom stereocenters. The highest BCUT2D eigenvalue weighted by Crippen LogP contribution is 2.24. The molecule has 1 aromatic heterocycles. The van der Waals surface area contributed by atoms with Gasteiger partial charge in [-0.05, 0) is 41.9 Å². The lowest BCUT2D eigenvalue weighted by molar-refractivity contribution is 0.182. The maximum Gasteiger partial charge on any atom is 0.230 e. The van der Waals surface area contributed by atoms with Crippen molar-refractivity contribution in [3.05, 3.63) is 16.1 Å². The minimum absolute atomic E-state index is 0.124. The van der Waals surface area contributed by atoms with E-state index in [-0.39, 0.29) is 12.1 Å². The molecule has 76 valence electrons. The van der Waals surface area contributed by atoms with E-state index in [0.29, 0.717) is 5.88 Å². The number of aromatic nitrogens is 2. The van der Waals surface area contributed by atoms with Crippen LogP contribution in [-0.2, 0) is 0 Å². The van der Waals surface area contributed by atoms with Crippen LogP contribution in [0.4, 0.5) is 0 Å². The van der Waals surface area contributed by atoms with Gasteiger partial charge in [-0.2, -0.15) is 0 Å². The lowest BCUT2D eigenvalue weighted by Crippen LogP contribution is -2.34. The molecule has 14 heavy (non-hydrogen) atoms. The van der Waals surface area contributed by atoms with Crippen LogP contribution in [0.15, 0.2) is 12.5 Å². The Morgan fingerprint density at radius 2 is 2.36 bits per heavy atom. The molecule has 1 aliphatic rings. The summed E-state index contributed by atoms with van der Waals surface area (Å²) in [5.74, 6) is 0.656. The average Bonchev–Trinajstić information content (AvgIpc) is 2.56. The van der Waals surface area contributed by atoms with Crippen LogP contribution in [0.2, 0.25) is 0 Å². The summed E-state index contributed by atoms with van der Waals surface area (Å²) in [6.07, 6.45) is 6.58. The predicted octanol–water partition coefficient (Wildman–Crippen LogP) is 1.34. The van der Waals surface area contributed by atoms with Gasteiger partial charge in [-0.3, -0.25) is 0 Å². The number of halogens is 1. The Kier molecular flexibility index (Phi) is 3.17. The SMILES string of the molecule is NC1CCCC1Oc1ncncc1I. The molecule has 0 aliphatic heterocycles. The second kappa shape index (κ2) is 4.39. The van der Waals surface area contributed by atoms with Gasteiger partial charge in [0.05, 0.1) is 3.57 Å². The van der Waals surface area contributed by atoms with E-state index in [1.165, 1.54) is 6.33 Å². The number of hydrogen-bond acceptors (Lipinski definition) is 4. The van der Waals surface area contributed by atoms with Gasteiger partial charge in [0.1, 0.15) is 12.4 Å². The first-order valence-corrected chi connectivity index (χ1v) is 5.73. The van der Waals surface area contributed by atoms with Crippen molar-refractivity contribution in [1.82, 2.24) is 9.97 Å². The molecule has 2 N–H and O–H groups in total. The smallest absolute Gasteiger partial charge is 0.230 e. The van der Waals surface area contributed by atoms with Crippen molar-refractivity contribution in [2.24, 2.45) is 5.73 Å². The van der Waals surface area contributed by atoms with Crippen LogP contribution in [0.5, 0.6) is 5.88 Å². The van der Waals surface area contributed by atoms with E-state index in [1.807, 2.05) is 0 Å². The fraction of sp³-hybridized carbons (Fsp3) is 0.556. The topological polar surface area (TPSA) is 61.0 Å². The summed E-state index contributed by atoms with van der Waals surface area (Å²) in [6, 6.07) is 0.153. The Morgan fingerprint density at radius 1 is 1.50 bits per heavy atom. The first-order chi connectivity index (χ1) is 6.77. The van der Waals surface area contributed by atoms with Crippen LogP contribution in [0.1, 0.15) is 19.3 Å². The van der Waals surface area contributed by atoms with E-state index in [0.717, 1.165) is 22.8 Å². The zero-order valence-corrected chi connectivity index (χ0v) is 9.85. The molecule has 1 aliphatic carbocycles. The van der Waals surface area contributed by atoms with Gasteiger partial charge in [0.15, 0.2) is 0 Å². The van der Waals surface area contributed by atoms with Crippen molar-refractivity contribution < 1.29 is 4.74 Å². The highest BCUT2D eigenvalue weighted by Gasteiger charge is 2.26. The van der Waals surface area contributed by atoms with Crippen molar-refractivity contribution in [3.63, 3.8) is 0 Å². The zero-order chi connectivity index (χ0) is 9.97. The highest BCUT2D eigenvalue weighted by atomic mass is 127. The van der Waals surface area contributed by atoms with Gasteiger partial charge in [0.2, 0.25) is 5.88 Å². The molecule has 0 saturated heterocycles. The largest absolute Gasteiger partial charge is 0.472 e.